The molecular formula is C16H22. The third kappa shape index (κ3) is 2.37. The van der Waals surface area contributed by atoms with E-state index in [2.05, 4.69) is 44.7 Å². The van der Waals surface area contributed by atoms with Crippen molar-refractivity contribution >= 4 is 0 Å². The van der Waals surface area contributed by atoms with E-state index < -0.39 is 0 Å². The third-order valence-corrected chi connectivity index (χ3v) is 3.58. The van der Waals surface area contributed by atoms with Crippen molar-refractivity contribution in [1.29, 1.82) is 0 Å². The SMILES string of the molecule is C=CC(C)c1cc(C2CC2)ccc1CCC. The Balaban J connectivity index is 2.33. The molecule has 0 nitrogen and oxygen atoms in total. The van der Waals surface area contributed by atoms with Gasteiger partial charge in [0.2, 0.25) is 0 Å². The second kappa shape index (κ2) is 4.86. The molecule has 1 aliphatic rings. The Morgan fingerprint density at radius 2 is 2.19 bits per heavy atom. The topological polar surface area (TPSA) is 0 Å². The van der Waals surface area contributed by atoms with Crippen LogP contribution in [0.1, 0.15) is 61.6 Å². The van der Waals surface area contributed by atoms with Crippen molar-refractivity contribution in [2.75, 3.05) is 0 Å². The van der Waals surface area contributed by atoms with Gasteiger partial charge in [-0.1, -0.05) is 44.5 Å². The Kier molecular flexibility index (Phi) is 3.48. The van der Waals surface area contributed by atoms with Crippen LogP contribution in [0.4, 0.5) is 0 Å². The minimum absolute atomic E-state index is 0.486. The molecule has 0 aliphatic heterocycles. The summed E-state index contributed by atoms with van der Waals surface area (Å²) < 4.78 is 0. The predicted octanol–water partition coefficient (Wildman–Crippen LogP) is 4.81. The van der Waals surface area contributed by atoms with Gasteiger partial charge in [0, 0.05) is 0 Å². The van der Waals surface area contributed by atoms with Crippen LogP contribution in [-0.2, 0) is 6.42 Å². The molecular weight excluding hydrogens is 192 g/mol. The fraction of sp³-hybridized carbons (Fsp3) is 0.500. The van der Waals surface area contributed by atoms with Gasteiger partial charge in [0.05, 0.1) is 0 Å². The van der Waals surface area contributed by atoms with Gasteiger partial charge in [0.1, 0.15) is 0 Å². The van der Waals surface area contributed by atoms with Crippen LogP contribution in [0.5, 0.6) is 0 Å². The summed E-state index contributed by atoms with van der Waals surface area (Å²) in [5.74, 6) is 1.34. The summed E-state index contributed by atoms with van der Waals surface area (Å²) in [5.41, 5.74) is 4.56. The van der Waals surface area contributed by atoms with E-state index in [1.807, 2.05) is 0 Å². The first-order valence-corrected chi connectivity index (χ1v) is 6.51. The van der Waals surface area contributed by atoms with E-state index >= 15 is 0 Å². The van der Waals surface area contributed by atoms with Gasteiger partial charge in [-0.25, -0.2) is 0 Å². The standard InChI is InChI=1S/C16H22/c1-4-6-14-9-10-15(13-7-8-13)11-16(14)12(3)5-2/h5,9-13H,2,4,6-8H2,1,3H3. The lowest BCUT2D eigenvalue weighted by Crippen LogP contribution is -1.98. The van der Waals surface area contributed by atoms with Gasteiger partial charge < -0.3 is 0 Å². The van der Waals surface area contributed by atoms with Gasteiger partial charge in [-0.05, 0) is 47.8 Å². The van der Waals surface area contributed by atoms with Crippen LogP contribution in [0.2, 0.25) is 0 Å². The van der Waals surface area contributed by atoms with Crippen molar-refractivity contribution in [3.63, 3.8) is 0 Å². The van der Waals surface area contributed by atoms with E-state index in [4.69, 9.17) is 0 Å². The van der Waals surface area contributed by atoms with E-state index in [0.717, 1.165) is 5.92 Å². The summed E-state index contributed by atoms with van der Waals surface area (Å²) >= 11 is 0. The van der Waals surface area contributed by atoms with Crippen LogP contribution in [0, 0.1) is 0 Å². The van der Waals surface area contributed by atoms with Crippen molar-refractivity contribution in [2.24, 2.45) is 0 Å². The summed E-state index contributed by atoms with van der Waals surface area (Å²) in [7, 11) is 0. The molecule has 0 heteroatoms. The van der Waals surface area contributed by atoms with Gasteiger partial charge in [0.25, 0.3) is 0 Å². The van der Waals surface area contributed by atoms with E-state index in [1.165, 1.54) is 36.8 Å². The molecule has 0 radical (unpaired) electrons. The second-order valence-corrected chi connectivity index (χ2v) is 5.01. The largest absolute Gasteiger partial charge is 0.102 e. The highest BCUT2D eigenvalue weighted by Gasteiger charge is 2.24. The fourth-order valence-electron chi connectivity index (χ4n) is 2.33. The quantitative estimate of drug-likeness (QED) is 0.617. The lowest BCUT2D eigenvalue weighted by atomic mass is 9.91. The Labute approximate surface area is 99.4 Å². The summed E-state index contributed by atoms with van der Waals surface area (Å²) in [5, 5.41) is 0. The molecule has 0 aromatic heterocycles. The number of allylic oxidation sites excluding steroid dienone is 1. The van der Waals surface area contributed by atoms with E-state index in [1.54, 1.807) is 5.56 Å². The molecule has 1 atom stereocenters. The molecule has 0 saturated heterocycles. The van der Waals surface area contributed by atoms with Crippen LogP contribution in [0.15, 0.2) is 30.9 Å². The molecule has 1 aromatic rings. The first kappa shape index (κ1) is 11.4. The average molecular weight is 214 g/mol. The lowest BCUT2D eigenvalue weighted by molar-refractivity contribution is 0.865. The van der Waals surface area contributed by atoms with E-state index in [-0.39, 0.29) is 0 Å². The first-order chi connectivity index (χ1) is 7.76. The van der Waals surface area contributed by atoms with Gasteiger partial charge in [0.15, 0.2) is 0 Å². The molecule has 1 unspecified atom stereocenters. The molecule has 1 saturated carbocycles. The Hall–Kier alpha value is -1.04. The molecule has 0 N–H and O–H groups in total. The summed E-state index contributed by atoms with van der Waals surface area (Å²) in [6.45, 7) is 8.42. The molecule has 0 amide bonds. The number of aryl methyl sites for hydroxylation is 1. The van der Waals surface area contributed by atoms with Crippen molar-refractivity contribution in [1.82, 2.24) is 0 Å². The van der Waals surface area contributed by atoms with Crippen LogP contribution in [0.25, 0.3) is 0 Å². The average Bonchev–Trinajstić information content (AvgIpc) is 3.13. The molecule has 0 heterocycles. The Morgan fingerprint density at radius 1 is 1.44 bits per heavy atom. The maximum absolute atomic E-state index is 3.93. The fourth-order valence-corrected chi connectivity index (χ4v) is 2.33. The molecule has 0 bridgehead atoms. The van der Waals surface area contributed by atoms with Crippen molar-refractivity contribution in [3.05, 3.63) is 47.5 Å². The Bertz CT molecular complexity index is 372. The van der Waals surface area contributed by atoms with Crippen LogP contribution in [-0.4, -0.2) is 0 Å². The molecule has 1 aliphatic carbocycles. The highest BCUT2D eigenvalue weighted by molar-refractivity contribution is 5.39. The maximum atomic E-state index is 3.93. The predicted molar refractivity (Wildman–Crippen MR) is 71.0 cm³/mol. The summed E-state index contributed by atoms with van der Waals surface area (Å²) in [4.78, 5) is 0. The van der Waals surface area contributed by atoms with Crippen LogP contribution < -0.4 is 0 Å². The normalized spacial score (nSPS) is 17.1. The van der Waals surface area contributed by atoms with Gasteiger partial charge >= 0.3 is 0 Å². The molecule has 86 valence electrons. The van der Waals surface area contributed by atoms with E-state index in [9.17, 15) is 0 Å². The lowest BCUT2D eigenvalue weighted by Gasteiger charge is -2.14. The smallest absolute Gasteiger partial charge is 0.00103 e. The molecule has 0 spiro atoms. The Morgan fingerprint density at radius 3 is 2.75 bits per heavy atom. The van der Waals surface area contributed by atoms with Gasteiger partial charge in [-0.3, -0.25) is 0 Å². The number of rotatable bonds is 5. The zero-order chi connectivity index (χ0) is 11.5. The minimum Gasteiger partial charge on any atom is -0.102 e. The zero-order valence-corrected chi connectivity index (χ0v) is 10.5. The highest BCUT2D eigenvalue weighted by atomic mass is 14.3. The third-order valence-electron chi connectivity index (χ3n) is 3.58. The monoisotopic (exact) mass is 214 g/mol. The van der Waals surface area contributed by atoms with Crippen LogP contribution in [0.3, 0.4) is 0 Å². The van der Waals surface area contributed by atoms with Gasteiger partial charge in [-0.15, -0.1) is 6.58 Å². The van der Waals surface area contributed by atoms with Gasteiger partial charge in [-0.2, -0.15) is 0 Å². The molecule has 1 aromatic carbocycles. The highest BCUT2D eigenvalue weighted by Crippen LogP contribution is 2.41. The molecule has 1 fully saturated rings. The summed E-state index contributed by atoms with van der Waals surface area (Å²) in [6.07, 6.45) is 7.24. The first-order valence-electron chi connectivity index (χ1n) is 6.51. The van der Waals surface area contributed by atoms with Crippen molar-refractivity contribution < 1.29 is 0 Å². The number of hydrogen-bond acceptors (Lipinski definition) is 0. The molecule has 2 rings (SSSR count). The van der Waals surface area contributed by atoms with Crippen molar-refractivity contribution in [2.45, 2.75) is 51.4 Å². The second-order valence-electron chi connectivity index (χ2n) is 5.01. The zero-order valence-electron chi connectivity index (χ0n) is 10.5. The van der Waals surface area contributed by atoms with Crippen molar-refractivity contribution in [3.8, 4) is 0 Å². The number of benzene rings is 1. The maximum Gasteiger partial charge on any atom is -0.00103 e. The minimum atomic E-state index is 0.486. The molecule has 16 heavy (non-hydrogen) atoms. The van der Waals surface area contributed by atoms with E-state index in [0.29, 0.717) is 5.92 Å². The number of hydrogen-bond donors (Lipinski definition) is 0. The van der Waals surface area contributed by atoms with Crippen LogP contribution >= 0.6 is 0 Å². The summed E-state index contributed by atoms with van der Waals surface area (Å²) in [6, 6.07) is 7.10.